The predicted molar refractivity (Wildman–Crippen MR) is 203 cm³/mol. The van der Waals surface area contributed by atoms with Crippen LogP contribution in [0.1, 0.15) is 29.5 Å². The van der Waals surface area contributed by atoms with E-state index in [1.165, 1.54) is 5.56 Å². The highest BCUT2D eigenvalue weighted by Gasteiger charge is 2.37. The van der Waals surface area contributed by atoms with Crippen molar-refractivity contribution in [1.29, 1.82) is 0 Å². The van der Waals surface area contributed by atoms with Crippen molar-refractivity contribution < 1.29 is 32.2 Å². The standard InChI is InChI=1S/C42H46ClF3N4O4/c43-36-15-16-37(32-11-5-2-6-12-32)34(27-36)19-22-48-20-17-33(18-21-48)39(47-41(52)53-29-31-9-3-1-4-10-31)40(51)50-25-23-49(24-26-50)28-35-13-7-8-14-38(35)54-30-42(44,45)46/h1-16,27,33,39H,17-26,28-30H2,(H,47,52)/t39-/m1/s1. The van der Waals surface area contributed by atoms with E-state index >= 15 is 0 Å². The normalized spacial score (nSPS) is 16.5. The molecule has 1 atom stereocenters. The van der Waals surface area contributed by atoms with Crippen molar-refractivity contribution in [3.05, 3.63) is 125 Å². The Morgan fingerprint density at radius 1 is 0.796 bits per heavy atom. The third-order valence-corrected chi connectivity index (χ3v) is 10.4. The predicted octanol–water partition coefficient (Wildman–Crippen LogP) is 7.84. The highest BCUT2D eigenvalue weighted by molar-refractivity contribution is 6.30. The molecule has 0 radical (unpaired) electrons. The molecule has 0 aromatic heterocycles. The number of carbonyl (C=O) groups is 2. The van der Waals surface area contributed by atoms with Crippen molar-refractivity contribution >= 4 is 23.6 Å². The van der Waals surface area contributed by atoms with E-state index in [1.807, 2.05) is 60.7 Å². The van der Waals surface area contributed by atoms with Crippen LogP contribution in [0.15, 0.2) is 103 Å². The molecule has 2 amide bonds. The summed E-state index contributed by atoms with van der Waals surface area (Å²) in [6.07, 6.45) is -2.79. The molecule has 2 aliphatic heterocycles. The number of hydrogen-bond donors (Lipinski definition) is 1. The van der Waals surface area contributed by atoms with Gasteiger partial charge in [-0.1, -0.05) is 96.5 Å². The first-order valence-corrected chi connectivity index (χ1v) is 18.8. The van der Waals surface area contributed by atoms with Crippen LogP contribution in [0.25, 0.3) is 11.1 Å². The summed E-state index contributed by atoms with van der Waals surface area (Å²) >= 11 is 6.41. The molecule has 2 heterocycles. The summed E-state index contributed by atoms with van der Waals surface area (Å²) in [6, 6.07) is 31.6. The number of alkyl carbamates (subject to hydrolysis) is 1. The van der Waals surface area contributed by atoms with Crippen molar-refractivity contribution in [3.8, 4) is 16.9 Å². The summed E-state index contributed by atoms with van der Waals surface area (Å²) in [5.74, 6) is -0.0352. The summed E-state index contributed by atoms with van der Waals surface area (Å²) < 4.78 is 49.1. The van der Waals surface area contributed by atoms with Gasteiger partial charge in [-0.05, 0) is 78.7 Å². The number of para-hydroxylation sites is 1. The molecule has 0 bridgehead atoms. The molecule has 2 fully saturated rings. The number of halogens is 4. The summed E-state index contributed by atoms with van der Waals surface area (Å²) in [6.45, 7) is 3.41. The number of ether oxygens (including phenoxy) is 2. The summed E-state index contributed by atoms with van der Waals surface area (Å²) in [5, 5.41) is 3.64. The zero-order valence-electron chi connectivity index (χ0n) is 30.1. The van der Waals surface area contributed by atoms with Crippen LogP contribution in [0.3, 0.4) is 0 Å². The van der Waals surface area contributed by atoms with Crippen LogP contribution in [0, 0.1) is 5.92 Å². The van der Waals surface area contributed by atoms with Gasteiger partial charge < -0.3 is 24.6 Å². The van der Waals surface area contributed by atoms with Gasteiger partial charge in [-0.15, -0.1) is 0 Å². The highest BCUT2D eigenvalue weighted by atomic mass is 35.5. The zero-order valence-corrected chi connectivity index (χ0v) is 30.9. The largest absolute Gasteiger partial charge is 0.484 e. The fourth-order valence-electron chi connectivity index (χ4n) is 7.23. The fraction of sp³-hybridized carbons (Fsp3) is 0.381. The first-order valence-electron chi connectivity index (χ1n) is 18.4. The number of nitrogens with zero attached hydrogens (tertiary/aromatic N) is 3. The van der Waals surface area contributed by atoms with E-state index in [4.69, 9.17) is 21.1 Å². The van der Waals surface area contributed by atoms with E-state index in [1.54, 1.807) is 29.2 Å². The maximum atomic E-state index is 14.2. The van der Waals surface area contributed by atoms with Crippen LogP contribution in [0.2, 0.25) is 5.02 Å². The minimum absolute atomic E-state index is 0.0836. The number of benzene rings is 4. The molecule has 1 N–H and O–H groups in total. The Morgan fingerprint density at radius 3 is 2.17 bits per heavy atom. The monoisotopic (exact) mass is 762 g/mol. The Labute approximate surface area is 319 Å². The molecular weight excluding hydrogens is 717 g/mol. The van der Waals surface area contributed by atoms with Gasteiger partial charge in [-0.25, -0.2) is 4.79 Å². The number of hydrogen-bond acceptors (Lipinski definition) is 6. The third kappa shape index (κ3) is 11.2. The molecule has 0 aliphatic carbocycles. The Kier molecular flexibility index (Phi) is 13.5. The molecule has 4 aromatic carbocycles. The van der Waals surface area contributed by atoms with E-state index in [0.29, 0.717) is 43.3 Å². The van der Waals surface area contributed by atoms with Crippen LogP contribution in [-0.2, 0) is 29.1 Å². The fourth-order valence-corrected chi connectivity index (χ4v) is 7.42. The number of rotatable bonds is 13. The van der Waals surface area contributed by atoms with Gasteiger partial charge in [-0.2, -0.15) is 13.2 Å². The van der Waals surface area contributed by atoms with Gasteiger partial charge in [0.15, 0.2) is 6.61 Å². The van der Waals surface area contributed by atoms with Gasteiger partial charge in [0, 0.05) is 49.9 Å². The van der Waals surface area contributed by atoms with Gasteiger partial charge in [0.05, 0.1) is 0 Å². The SMILES string of the molecule is O=C(N[C@@H](C(=O)N1CCN(Cc2ccccc2OCC(F)(F)F)CC1)C1CCN(CCc2cc(Cl)ccc2-c2ccccc2)CC1)OCc1ccccc1. The third-order valence-electron chi connectivity index (χ3n) is 10.1. The lowest BCUT2D eigenvalue weighted by Gasteiger charge is -2.40. The minimum atomic E-state index is -4.43. The first kappa shape index (κ1) is 39.1. The van der Waals surface area contributed by atoms with Crippen molar-refractivity contribution in [2.45, 2.75) is 44.6 Å². The van der Waals surface area contributed by atoms with Gasteiger partial charge in [0.2, 0.25) is 5.91 Å². The molecule has 12 heteroatoms. The van der Waals surface area contributed by atoms with E-state index < -0.39 is 24.9 Å². The van der Waals surface area contributed by atoms with Crippen LogP contribution < -0.4 is 10.1 Å². The molecule has 0 unspecified atom stereocenters. The van der Waals surface area contributed by atoms with Crippen molar-refractivity contribution in [2.75, 3.05) is 52.4 Å². The van der Waals surface area contributed by atoms with Crippen molar-refractivity contribution in [3.63, 3.8) is 0 Å². The molecule has 286 valence electrons. The Balaban J connectivity index is 1.07. The van der Waals surface area contributed by atoms with E-state index in [2.05, 4.69) is 33.3 Å². The second-order valence-corrected chi connectivity index (χ2v) is 14.3. The number of alkyl halides is 3. The summed E-state index contributed by atoms with van der Waals surface area (Å²) in [5.41, 5.74) is 5.00. The Hall–Kier alpha value is -4.58. The Morgan fingerprint density at radius 2 is 1.46 bits per heavy atom. The molecule has 6 rings (SSSR count). The molecule has 54 heavy (non-hydrogen) atoms. The Bertz CT molecular complexity index is 1820. The molecule has 2 aliphatic rings. The molecule has 2 saturated heterocycles. The van der Waals surface area contributed by atoms with Crippen molar-refractivity contribution in [2.24, 2.45) is 5.92 Å². The second kappa shape index (κ2) is 18.6. The lowest BCUT2D eigenvalue weighted by molar-refractivity contribution is -0.153. The average Bonchev–Trinajstić information content (AvgIpc) is 3.19. The van der Waals surface area contributed by atoms with Gasteiger partial charge in [0.1, 0.15) is 18.4 Å². The topological polar surface area (TPSA) is 74.4 Å². The highest BCUT2D eigenvalue weighted by Crippen LogP contribution is 2.29. The summed E-state index contributed by atoms with van der Waals surface area (Å²) in [4.78, 5) is 33.6. The number of piperazine rings is 1. The van der Waals surface area contributed by atoms with Crippen molar-refractivity contribution in [1.82, 2.24) is 20.0 Å². The van der Waals surface area contributed by atoms with Gasteiger partial charge in [-0.3, -0.25) is 9.69 Å². The average molecular weight is 763 g/mol. The van der Waals surface area contributed by atoms with E-state index in [-0.39, 0.29) is 24.2 Å². The summed E-state index contributed by atoms with van der Waals surface area (Å²) in [7, 11) is 0. The van der Waals surface area contributed by atoms with Crippen LogP contribution in [0.4, 0.5) is 18.0 Å². The lowest BCUT2D eigenvalue weighted by Crippen LogP contribution is -2.58. The second-order valence-electron chi connectivity index (χ2n) is 13.9. The number of likely N-dealkylation sites (tertiary alicyclic amines) is 1. The molecule has 4 aromatic rings. The molecule has 0 saturated carbocycles. The van der Waals surface area contributed by atoms with E-state index in [9.17, 15) is 22.8 Å². The quantitative estimate of drug-likeness (QED) is 0.150. The number of carbonyl (C=O) groups excluding carboxylic acids is 2. The van der Waals surface area contributed by atoms with Crippen LogP contribution in [0.5, 0.6) is 5.75 Å². The van der Waals surface area contributed by atoms with E-state index in [0.717, 1.165) is 55.6 Å². The van der Waals surface area contributed by atoms with Crippen LogP contribution >= 0.6 is 11.6 Å². The number of amides is 2. The maximum Gasteiger partial charge on any atom is 0.422 e. The first-order chi connectivity index (χ1) is 26.1. The zero-order chi connectivity index (χ0) is 37.9. The number of nitrogens with one attached hydrogen (secondary N) is 1. The van der Waals surface area contributed by atoms with Crippen LogP contribution in [-0.4, -0.2) is 91.3 Å². The smallest absolute Gasteiger partial charge is 0.422 e. The molecular formula is C42H46ClF3N4O4. The number of piperidine rings is 1. The lowest BCUT2D eigenvalue weighted by atomic mass is 9.88. The molecule has 8 nitrogen and oxygen atoms in total. The minimum Gasteiger partial charge on any atom is -0.484 e. The molecule has 0 spiro atoms. The van der Waals surface area contributed by atoms with Gasteiger partial charge >= 0.3 is 12.3 Å². The maximum absolute atomic E-state index is 14.2. The van der Waals surface area contributed by atoms with Gasteiger partial charge in [0.25, 0.3) is 0 Å².